The Kier molecular flexibility index (Phi) is 17.8. The molecule has 0 atom stereocenters. The second kappa shape index (κ2) is 22.5. The molecule has 5 heterocycles. The second-order valence-electron chi connectivity index (χ2n) is 21.0. The van der Waals surface area contributed by atoms with E-state index in [1.54, 1.807) is 6.33 Å². The molecule has 0 unspecified atom stereocenters. The molecule has 0 radical (unpaired) electrons. The minimum absolute atomic E-state index is 0. The smallest absolute Gasteiger partial charge is 0.399 e. The first-order chi connectivity index (χ1) is 32.8. The molecular weight excluding hydrogens is 1050 g/mol. The van der Waals surface area contributed by atoms with Crippen molar-refractivity contribution in [1.29, 1.82) is 0 Å². The van der Waals surface area contributed by atoms with Crippen LogP contribution in [0.5, 0.6) is 0 Å². The Morgan fingerprint density at radius 1 is 0.690 bits per heavy atom. The molecular formula is C51H74BIN10O6S2. The molecule has 0 spiro atoms. The average molecular weight is 1130 g/mol. The van der Waals surface area contributed by atoms with Crippen LogP contribution < -0.4 is 16.9 Å². The molecule has 0 bridgehead atoms. The lowest BCUT2D eigenvalue weighted by molar-refractivity contribution is 0.00578. The summed E-state index contributed by atoms with van der Waals surface area (Å²) in [6, 6.07) is 16.7. The molecule has 0 amide bonds. The fraction of sp³-hybridized carbons (Fsp3) is 0.529. The number of sulfone groups is 2. The highest BCUT2D eigenvalue weighted by Gasteiger charge is 2.51. The number of hydrogen-bond acceptors (Lipinski definition) is 14. The van der Waals surface area contributed by atoms with Gasteiger partial charge in [0.25, 0.3) is 0 Å². The van der Waals surface area contributed by atoms with E-state index in [0.717, 1.165) is 78.7 Å². The van der Waals surface area contributed by atoms with E-state index in [1.807, 2.05) is 76.2 Å². The van der Waals surface area contributed by atoms with Gasteiger partial charge in [0, 0.05) is 59.2 Å². The van der Waals surface area contributed by atoms with Gasteiger partial charge in [-0.15, -0.1) is 0 Å². The number of anilines is 2. The lowest BCUT2D eigenvalue weighted by Gasteiger charge is -2.38. The Hall–Kier alpha value is -4.19. The zero-order chi connectivity index (χ0) is 50.9. The molecule has 9 rings (SSSR count). The molecule has 2 saturated carbocycles. The molecule has 20 heteroatoms. The first-order valence-corrected chi connectivity index (χ1v) is 29.0. The number of halogens is 1. The van der Waals surface area contributed by atoms with Crippen molar-refractivity contribution in [3.63, 3.8) is 0 Å². The molecule has 2 aliphatic carbocycles. The number of aromatic nitrogens is 6. The van der Waals surface area contributed by atoms with E-state index >= 15 is 0 Å². The first kappa shape index (κ1) is 56.1. The highest BCUT2D eigenvalue weighted by atomic mass is 127. The number of nitrogens with two attached hydrogens (primary N) is 2. The number of nitrogen functional groups attached to an aromatic ring is 2. The Bertz CT molecular complexity index is 3010. The van der Waals surface area contributed by atoms with Crippen molar-refractivity contribution < 1.29 is 26.1 Å². The number of rotatable bonds is 14. The van der Waals surface area contributed by atoms with Crippen LogP contribution in [0.15, 0.2) is 73.6 Å². The maximum Gasteiger partial charge on any atom is 0.494 e. The van der Waals surface area contributed by atoms with Gasteiger partial charge >= 0.3 is 7.12 Å². The van der Waals surface area contributed by atoms with E-state index in [1.165, 1.54) is 38.2 Å². The van der Waals surface area contributed by atoms with Crippen LogP contribution in [0.25, 0.3) is 33.2 Å². The van der Waals surface area contributed by atoms with Crippen molar-refractivity contribution in [3.05, 3.63) is 88.3 Å². The van der Waals surface area contributed by atoms with Crippen molar-refractivity contribution in [2.75, 3.05) is 76.8 Å². The Balaban J connectivity index is 0.000000179. The topological polar surface area (TPSA) is 207 Å². The van der Waals surface area contributed by atoms with Crippen LogP contribution in [-0.2, 0) is 41.8 Å². The van der Waals surface area contributed by atoms with Crippen molar-refractivity contribution in [3.8, 4) is 11.1 Å². The predicted octanol–water partition coefficient (Wildman–Crippen LogP) is 7.12. The van der Waals surface area contributed by atoms with Gasteiger partial charge in [-0.3, -0.25) is 0 Å². The lowest BCUT2D eigenvalue weighted by atomic mass is 9.78. The Morgan fingerprint density at radius 2 is 1.14 bits per heavy atom. The third-order valence-electron chi connectivity index (χ3n) is 13.9. The van der Waals surface area contributed by atoms with Gasteiger partial charge in [-0.1, -0.05) is 56.0 Å². The summed E-state index contributed by atoms with van der Waals surface area (Å²) in [5, 5.41) is 1.87. The maximum absolute atomic E-state index is 11.6. The predicted molar refractivity (Wildman–Crippen MR) is 298 cm³/mol. The summed E-state index contributed by atoms with van der Waals surface area (Å²) in [6.07, 6.45) is 15.6. The van der Waals surface area contributed by atoms with E-state index in [4.69, 9.17) is 20.8 Å². The van der Waals surface area contributed by atoms with Crippen molar-refractivity contribution in [2.24, 2.45) is 11.8 Å². The normalized spacial score (nSPS) is 20.4. The van der Waals surface area contributed by atoms with Crippen molar-refractivity contribution >= 4 is 88.5 Å². The molecule has 71 heavy (non-hydrogen) atoms. The second-order valence-corrected chi connectivity index (χ2v) is 26.7. The fourth-order valence-corrected chi connectivity index (χ4v) is 11.5. The number of nitrogens with zero attached hydrogens (tertiary/aromatic N) is 8. The summed E-state index contributed by atoms with van der Waals surface area (Å²) in [4.78, 5) is 21.8. The van der Waals surface area contributed by atoms with Crippen molar-refractivity contribution in [2.45, 2.75) is 96.9 Å². The van der Waals surface area contributed by atoms with E-state index in [9.17, 15) is 16.8 Å². The van der Waals surface area contributed by atoms with Gasteiger partial charge in [0.05, 0.1) is 33.5 Å². The lowest BCUT2D eigenvalue weighted by Crippen LogP contribution is -2.41. The van der Waals surface area contributed by atoms with E-state index in [-0.39, 0.29) is 30.1 Å². The fourth-order valence-electron chi connectivity index (χ4n) is 9.51. The zero-order valence-electron chi connectivity index (χ0n) is 42.3. The number of benzene rings is 2. The minimum atomic E-state index is -3.01. The van der Waals surface area contributed by atoms with Crippen LogP contribution in [0.3, 0.4) is 0 Å². The molecule has 16 nitrogen and oxygen atoms in total. The third-order valence-corrected chi connectivity index (χ3v) is 16.6. The van der Waals surface area contributed by atoms with Crippen LogP contribution in [0.4, 0.5) is 11.6 Å². The number of fused-ring (bicyclic) bond motifs is 2. The van der Waals surface area contributed by atoms with Gasteiger partial charge in [0.2, 0.25) is 0 Å². The summed E-state index contributed by atoms with van der Waals surface area (Å²) in [5.41, 5.74) is 18.2. The summed E-state index contributed by atoms with van der Waals surface area (Å²) in [5.74, 6) is 2.84. The van der Waals surface area contributed by atoms with Gasteiger partial charge < -0.3 is 39.7 Å². The third kappa shape index (κ3) is 13.9. The van der Waals surface area contributed by atoms with Crippen molar-refractivity contribution in [1.82, 2.24) is 38.9 Å². The molecule has 6 aromatic rings. The number of hydrogen-bond donors (Lipinski definition) is 2. The summed E-state index contributed by atoms with van der Waals surface area (Å²) in [7, 11) is 2.12. The van der Waals surface area contributed by atoms with E-state index < -0.39 is 26.8 Å². The molecule has 386 valence electrons. The van der Waals surface area contributed by atoms with Crippen LogP contribution in [-0.4, -0.2) is 139 Å². The van der Waals surface area contributed by atoms with Gasteiger partial charge in [-0.05, 0) is 151 Å². The molecule has 2 aromatic carbocycles. The maximum atomic E-state index is 11.6. The molecule has 1 aliphatic heterocycles. The minimum Gasteiger partial charge on any atom is -0.399 e. The molecule has 3 aliphatic rings. The molecule has 4 aromatic heterocycles. The van der Waals surface area contributed by atoms with Crippen LogP contribution >= 0.6 is 22.6 Å². The molecule has 3 fully saturated rings. The zero-order valence-corrected chi connectivity index (χ0v) is 46.1. The molecule has 4 N–H and O–H groups in total. The largest absolute Gasteiger partial charge is 0.494 e. The van der Waals surface area contributed by atoms with Crippen LogP contribution in [0.1, 0.15) is 84.0 Å². The van der Waals surface area contributed by atoms with E-state index in [0.29, 0.717) is 42.5 Å². The van der Waals surface area contributed by atoms with Crippen LogP contribution in [0.2, 0.25) is 0 Å². The van der Waals surface area contributed by atoms with Gasteiger partial charge in [0.15, 0.2) is 0 Å². The summed E-state index contributed by atoms with van der Waals surface area (Å²) >= 11 is 2.31. The highest BCUT2D eigenvalue weighted by molar-refractivity contribution is 14.1. The van der Waals surface area contributed by atoms with Gasteiger partial charge in [0.1, 0.15) is 55.3 Å². The standard InChI is InChI=1S/C22H29N5O2S.C15H23BO4S.C13H18IN5.CH4/c1-26(2)12-16-10-18(11-16)27-13-19(20-21(23)24-14-25-22(20)27)17-6-4-5-15(9-17)7-8-30(3,28)29;1-14(2)15(3,4)20-16(19-14)13-8-6-7-12(11-13)9-10-21(5,17)18;1-18(2)5-8-3-9(4-8)19-6-10(14)11-12(15)16-7-17-13(11)19;/h4-6,9,13-14,16,18H,7-8,10-12H2,1-3H3,(H2,23,24,25);6-8,11H,9-10H2,1-5H3;6-9H,3-5H2,1-2H3,(H2,15,16,17);1H4. The highest BCUT2D eigenvalue weighted by Crippen LogP contribution is 2.44. The van der Waals surface area contributed by atoms with E-state index in [2.05, 4.69) is 102 Å². The average Bonchev–Trinajstić information content (AvgIpc) is 3.87. The Morgan fingerprint density at radius 3 is 1.63 bits per heavy atom. The van der Waals surface area contributed by atoms with Gasteiger partial charge in [-0.2, -0.15) is 0 Å². The van der Waals surface area contributed by atoms with Crippen LogP contribution in [0, 0.1) is 15.4 Å². The Labute approximate surface area is 435 Å². The quantitative estimate of drug-likeness (QED) is 0.0823. The van der Waals surface area contributed by atoms with Gasteiger partial charge in [-0.25, -0.2) is 36.8 Å². The monoisotopic (exact) mass is 1120 g/mol. The summed E-state index contributed by atoms with van der Waals surface area (Å²) < 4.78 is 63.3. The SMILES string of the molecule is C.CC1(C)OB(c2cccc(CCS(C)(=O)=O)c2)OC1(C)C.CN(C)CC1CC(n2cc(-c3cccc(CCS(C)(=O)=O)c3)c3c(N)ncnc32)C1.CN(C)CC1CC(n2cc(I)c3c(N)ncnc32)C1. The summed E-state index contributed by atoms with van der Waals surface area (Å²) in [6.45, 7) is 10.3. The number of aryl methyl sites for hydroxylation is 2. The molecule has 1 saturated heterocycles. The first-order valence-electron chi connectivity index (χ1n) is 23.8.